The van der Waals surface area contributed by atoms with Crippen LogP contribution < -0.4 is 0 Å². The summed E-state index contributed by atoms with van der Waals surface area (Å²) < 4.78 is 1.07. The Morgan fingerprint density at radius 1 is 1.17 bits per heavy atom. The molecule has 3 nitrogen and oxygen atoms in total. The minimum atomic E-state index is 0. The van der Waals surface area contributed by atoms with Gasteiger partial charge in [0.05, 0.1) is 18.6 Å². The van der Waals surface area contributed by atoms with Crippen molar-refractivity contribution in [1.29, 1.82) is 0 Å². The maximum absolute atomic E-state index is 4.33. The molecule has 0 fully saturated rings. The molecule has 1 rings (SSSR count). The molecule has 1 N–H and O–H groups in total. The molecule has 0 saturated heterocycles. The number of nitrogens with zero attached hydrogens (tertiary/aromatic N) is 2. The zero-order valence-corrected chi connectivity index (χ0v) is 8.49. The molecule has 0 atom stereocenters. The summed E-state index contributed by atoms with van der Waals surface area (Å²) in [5.41, 5.74) is 0. The Balaban J connectivity index is 0.00000121. The van der Waals surface area contributed by atoms with Crippen LogP contribution >= 0.6 is 0 Å². The van der Waals surface area contributed by atoms with Crippen molar-refractivity contribution < 1.29 is 9.96 Å². The van der Waals surface area contributed by atoms with Crippen LogP contribution in [0.25, 0.3) is 0 Å². The number of rotatable bonds is 2. The van der Waals surface area contributed by atoms with E-state index < -0.39 is 0 Å². The van der Waals surface area contributed by atoms with Crippen LogP contribution in [0.3, 0.4) is 0 Å². The van der Waals surface area contributed by atoms with E-state index in [1.54, 1.807) is 0 Å². The van der Waals surface area contributed by atoms with Crippen molar-refractivity contribution in [2.45, 2.75) is 39.8 Å². The average molecular weight is 172 g/mol. The molecule has 0 aromatic carbocycles. The van der Waals surface area contributed by atoms with Crippen LogP contribution in [0.5, 0.6) is 0 Å². The van der Waals surface area contributed by atoms with Crippen molar-refractivity contribution in [3.63, 3.8) is 0 Å². The van der Waals surface area contributed by atoms with Crippen LogP contribution in [0.1, 0.15) is 27.7 Å². The second kappa shape index (κ2) is 4.01. The predicted molar refractivity (Wildman–Crippen MR) is 50.7 cm³/mol. The van der Waals surface area contributed by atoms with Gasteiger partial charge in [0.25, 0.3) is 0 Å². The van der Waals surface area contributed by atoms with Crippen molar-refractivity contribution in [2.24, 2.45) is 4.99 Å². The van der Waals surface area contributed by atoms with E-state index in [0.717, 1.165) is 11.0 Å². The zero-order valence-electron chi connectivity index (χ0n) is 8.49. The molecule has 0 radical (unpaired) electrons. The predicted octanol–water partition coefficient (Wildman–Crippen LogP) is 1.49. The lowest BCUT2D eigenvalue weighted by atomic mass is 10.2. The van der Waals surface area contributed by atoms with Gasteiger partial charge in [-0.3, -0.25) is 4.48 Å². The van der Waals surface area contributed by atoms with Gasteiger partial charge in [-0.25, -0.2) is 4.99 Å². The Morgan fingerprint density at radius 2 is 1.67 bits per heavy atom. The second-order valence-corrected chi connectivity index (χ2v) is 3.93. The highest BCUT2D eigenvalue weighted by molar-refractivity contribution is 5.48. The van der Waals surface area contributed by atoms with Gasteiger partial charge in [0.15, 0.2) is 6.34 Å². The lowest BCUT2D eigenvalue weighted by Gasteiger charge is -2.38. The van der Waals surface area contributed by atoms with Gasteiger partial charge in [0, 0.05) is 0 Å². The van der Waals surface area contributed by atoms with E-state index in [-0.39, 0.29) is 5.48 Å². The van der Waals surface area contributed by atoms with Crippen LogP contribution in [0.4, 0.5) is 0 Å². The third-order valence-corrected chi connectivity index (χ3v) is 2.84. The molecule has 0 spiro atoms. The zero-order chi connectivity index (χ0) is 8.48. The van der Waals surface area contributed by atoms with Gasteiger partial charge in [0.2, 0.25) is 0 Å². The highest BCUT2D eigenvalue weighted by atomic mass is 16.0. The van der Waals surface area contributed by atoms with Crippen molar-refractivity contribution in [1.82, 2.24) is 0 Å². The van der Waals surface area contributed by atoms with Gasteiger partial charge in [-0.15, -0.1) is 0 Å². The van der Waals surface area contributed by atoms with Crippen LogP contribution in [0.15, 0.2) is 4.99 Å². The first-order chi connectivity index (χ1) is 5.09. The first-order valence-electron chi connectivity index (χ1n) is 4.47. The molecule has 0 bridgehead atoms. The van der Waals surface area contributed by atoms with E-state index in [0.29, 0.717) is 12.1 Å². The average Bonchev–Trinajstić information content (AvgIpc) is 2.34. The van der Waals surface area contributed by atoms with Gasteiger partial charge < -0.3 is 5.48 Å². The first kappa shape index (κ1) is 11.6. The van der Waals surface area contributed by atoms with E-state index in [1.807, 2.05) is 0 Å². The molecular weight excluding hydrogens is 152 g/mol. The van der Waals surface area contributed by atoms with Crippen molar-refractivity contribution in [3.8, 4) is 0 Å². The minimum absolute atomic E-state index is 0. The van der Waals surface area contributed by atoms with E-state index in [2.05, 4.69) is 39.0 Å². The standard InChI is InChI=1S/C9H19N2.H2O/c1-8(2)11(9(3)4)6-5-10-7-11;/h7-9H,5-6H2,1-4H3;1H2/q+1;/p-1. The molecule has 0 saturated carbocycles. The van der Waals surface area contributed by atoms with Crippen LogP contribution in [0, 0.1) is 0 Å². The van der Waals surface area contributed by atoms with E-state index in [9.17, 15) is 0 Å². The van der Waals surface area contributed by atoms with Crippen molar-refractivity contribution in [3.05, 3.63) is 0 Å². The molecule has 0 aromatic heterocycles. The molecule has 0 aromatic rings. The summed E-state index contributed by atoms with van der Waals surface area (Å²) in [6.45, 7) is 11.3. The Labute approximate surface area is 75.0 Å². The number of aliphatic imine (C=N–C) groups is 1. The van der Waals surface area contributed by atoms with E-state index >= 15 is 0 Å². The fraction of sp³-hybridized carbons (Fsp3) is 0.889. The van der Waals surface area contributed by atoms with Gasteiger partial charge in [-0.1, -0.05) is 0 Å². The summed E-state index contributed by atoms with van der Waals surface area (Å²) in [6.07, 6.45) is 2.13. The molecule has 3 heteroatoms. The van der Waals surface area contributed by atoms with E-state index in [1.165, 1.54) is 6.54 Å². The molecule has 1 aliphatic heterocycles. The summed E-state index contributed by atoms with van der Waals surface area (Å²) in [7, 11) is 0. The maximum Gasteiger partial charge on any atom is 0.185 e. The molecule has 12 heavy (non-hydrogen) atoms. The molecule has 0 aliphatic carbocycles. The maximum atomic E-state index is 4.33. The highest BCUT2D eigenvalue weighted by Crippen LogP contribution is 2.19. The quantitative estimate of drug-likeness (QED) is 0.582. The second-order valence-electron chi connectivity index (χ2n) is 3.93. The topological polar surface area (TPSA) is 42.4 Å². The number of hydrogen-bond donors (Lipinski definition) is 0. The molecule has 0 amide bonds. The minimum Gasteiger partial charge on any atom is -0.870 e. The summed E-state index contributed by atoms with van der Waals surface area (Å²) in [6, 6.07) is 1.34. The fourth-order valence-corrected chi connectivity index (χ4v) is 1.88. The Bertz CT molecular complexity index is 156. The third kappa shape index (κ3) is 1.67. The summed E-state index contributed by atoms with van der Waals surface area (Å²) in [5.74, 6) is 0. The monoisotopic (exact) mass is 172 g/mol. The molecule has 72 valence electrons. The number of quaternary nitrogens is 1. The Hall–Kier alpha value is -0.410. The Morgan fingerprint density at radius 3 is 1.83 bits per heavy atom. The first-order valence-corrected chi connectivity index (χ1v) is 4.47. The Kier molecular flexibility index (Phi) is 3.87. The summed E-state index contributed by atoms with van der Waals surface area (Å²) >= 11 is 0. The molecule has 1 heterocycles. The normalized spacial score (nSPS) is 20.2. The lowest BCUT2D eigenvalue weighted by Crippen LogP contribution is -2.55. The van der Waals surface area contributed by atoms with Gasteiger partial charge in [-0.05, 0) is 27.7 Å². The van der Waals surface area contributed by atoms with Crippen LogP contribution in [0.2, 0.25) is 0 Å². The van der Waals surface area contributed by atoms with Crippen molar-refractivity contribution in [2.75, 3.05) is 13.1 Å². The molecular formula is C9H20N2O. The van der Waals surface area contributed by atoms with Gasteiger partial charge in [0.1, 0.15) is 6.54 Å². The largest absolute Gasteiger partial charge is 0.870 e. The fourth-order valence-electron chi connectivity index (χ4n) is 1.88. The van der Waals surface area contributed by atoms with Crippen LogP contribution in [-0.4, -0.2) is 41.5 Å². The summed E-state index contributed by atoms with van der Waals surface area (Å²) in [4.78, 5) is 4.33. The third-order valence-electron chi connectivity index (χ3n) is 2.84. The van der Waals surface area contributed by atoms with E-state index in [4.69, 9.17) is 0 Å². The molecule has 0 unspecified atom stereocenters. The van der Waals surface area contributed by atoms with Crippen LogP contribution in [-0.2, 0) is 0 Å². The SMILES string of the molecule is CC(C)[N+]1(C(C)C)C=NCC1.[OH-]. The lowest BCUT2D eigenvalue weighted by molar-refractivity contribution is -0.872. The number of hydrogen-bond acceptors (Lipinski definition) is 2. The van der Waals surface area contributed by atoms with Gasteiger partial charge >= 0.3 is 0 Å². The highest BCUT2D eigenvalue weighted by Gasteiger charge is 2.35. The van der Waals surface area contributed by atoms with Gasteiger partial charge in [-0.2, -0.15) is 0 Å². The smallest absolute Gasteiger partial charge is 0.185 e. The molecule has 1 aliphatic rings. The van der Waals surface area contributed by atoms with Crippen molar-refractivity contribution >= 4 is 6.34 Å². The summed E-state index contributed by atoms with van der Waals surface area (Å²) in [5, 5.41) is 0.